The standard InChI is InChI=1S/C16H23NO3/c1-12(16(19)17-14-5-3-2-4-6-14)20-15-9-7-13(11-18)8-10-15/h2-6,12-13,15,18H,7-11H2,1H3,(H,17,19). The number of rotatable bonds is 5. The predicted octanol–water partition coefficient (Wildman–Crippen LogP) is 2.58. The molecule has 2 rings (SSSR count). The van der Waals surface area contributed by atoms with E-state index < -0.39 is 6.10 Å². The molecule has 1 aliphatic rings. The van der Waals surface area contributed by atoms with E-state index in [1.54, 1.807) is 6.92 Å². The summed E-state index contributed by atoms with van der Waals surface area (Å²) < 4.78 is 5.82. The molecule has 1 atom stereocenters. The molecular formula is C16H23NO3. The Bertz CT molecular complexity index is 413. The maximum atomic E-state index is 12.0. The lowest BCUT2D eigenvalue weighted by Gasteiger charge is -2.29. The van der Waals surface area contributed by atoms with E-state index in [2.05, 4.69) is 5.32 Å². The van der Waals surface area contributed by atoms with Crippen LogP contribution in [-0.2, 0) is 9.53 Å². The Morgan fingerprint density at radius 2 is 1.95 bits per heavy atom. The number of benzene rings is 1. The fourth-order valence-electron chi connectivity index (χ4n) is 2.57. The first-order chi connectivity index (χ1) is 9.69. The minimum Gasteiger partial charge on any atom is -0.396 e. The Hall–Kier alpha value is -1.39. The summed E-state index contributed by atoms with van der Waals surface area (Å²) in [6.07, 6.45) is 3.49. The summed E-state index contributed by atoms with van der Waals surface area (Å²) >= 11 is 0. The number of hydrogen-bond acceptors (Lipinski definition) is 3. The zero-order valence-corrected chi connectivity index (χ0v) is 11.9. The predicted molar refractivity (Wildman–Crippen MR) is 78.5 cm³/mol. The molecule has 1 aromatic rings. The molecule has 4 nitrogen and oxygen atoms in total. The van der Waals surface area contributed by atoms with Crippen molar-refractivity contribution in [1.82, 2.24) is 0 Å². The smallest absolute Gasteiger partial charge is 0.253 e. The number of aliphatic hydroxyl groups is 1. The van der Waals surface area contributed by atoms with Crippen molar-refractivity contribution in [3.05, 3.63) is 30.3 Å². The molecule has 0 spiro atoms. The minimum atomic E-state index is -0.453. The van der Waals surface area contributed by atoms with Gasteiger partial charge in [-0.2, -0.15) is 0 Å². The van der Waals surface area contributed by atoms with E-state index in [-0.39, 0.29) is 18.6 Å². The van der Waals surface area contributed by atoms with Crippen LogP contribution in [0.3, 0.4) is 0 Å². The van der Waals surface area contributed by atoms with Gasteiger partial charge in [-0.05, 0) is 50.7 Å². The van der Waals surface area contributed by atoms with Crippen molar-refractivity contribution in [2.75, 3.05) is 11.9 Å². The molecule has 0 aliphatic heterocycles. The number of nitrogens with one attached hydrogen (secondary N) is 1. The molecule has 0 radical (unpaired) electrons. The van der Waals surface area contributed by atoms with Crippen LogP contribution < -0.4 is 5.32 Å². The molecule has 1 amide bonds. The van der Waals surface area contributed by atoms with Gasteiger partial charge >= 0.3 is 0 Å². The van der Waals surface area contributed by atoms with Crippen LogP contribution in [0.1, 0.15) is 32.6 Å². The van der Waals surface area contributed by atoms with Crippen LogP contribution in [0.5, 0.6) is 0 Å². The highest BCUT2D eigenvalue weighted by atomic mass is 16.5. The van der Waals surface area contributed by atoms with E-state index >= 15 is 0 Å². The lowest BCUT2D eigenvalue weighted by molar-refractivity contribution is -0.131. The third kappa shape index (κ3) is 4.32. The van der Waals surface area contributed by atoms with Gasteiger partial charge in [0.15, 0.2) is 0 Å². The Kier molecular flexibility index (Phi) is 5.56. The molecular weight excluding hydrogens is 254 g/mol. The van der Waals surface area contributed by atoms with Crippen molar-refractivity contribution in [3.63, 3.8) is 0 Å². The first-order valence-electron chi connectivity index (χ1n) is 7.31. The number of carbonyl (C=O) groups excluding carboxylic acids is 1. The molecule has 0 bridgehead atoms. The molecule has 110 valence electrons. The van der Waals surface area contributed by atoms with Gasteiger partial charge in [-0.1, -0.05) is 18.2 Å². The van der Waals surface area contributed by atoms with Crippen LogP contribution in [0.25, 0.3) is 0 Å². The Balaban J connectivity index is 1.77. The van der Waals surface area contributed by atoms with Gasteiger partial charge in [-0.15, -0.1) is 0 Å². The molecule has 1 aliphatic carbocycles. The van der Waals surface area contributed by atoms with Crippen LogP contribution in [0.15, 0.2) is 30.3 Å². The molecule has 1 aromatic carbocycles. The summed E-state index contributed by atoms with van der Waals surface area (Å²) in [6.45, 7) is 2.05. The summed E-state index contributed by atoms with van der Waals surface area (Å²) in [5.41, 5.74) is 0.789. The Morgan fingerprint density at radius 1 is 1.30 bits per heavy atom. The zero-order valence-electron chi connectivity index (χ0n) is 11.9. The number of aliphatic hydroxyl groups excluding tert-OH is 1. The number of anilines is 1. The summed E-state index contributed by atoms with van der Waals surface area (Å²) in [5, 5.41) is 12.0. The van der Waals surface area contributed by atoms with Crippen molar-refractivity contribution in [1.29, 1.82) is 0 Å². The number of ether oxygens (including phenoxy) is 1. The summed E-state index contributed by atoms with van der Waals surface area (Å²) in [4.78, 5) is 12.0. The monoisotopic (exact) mass is 277 g/mol. The maximum Gasteiger partial charge on any atom is 0.253 e. The quantitative estimate of drug-likeness (QED) is 0.869. The van der Waals surface area contributed by atoms with Gasteiger partial charge in [0.25, 0.3) is 5.91 Å². The molecule has 1 unspecified atom stereocenters. The van der Waals surface area contributed by atoms with Gasteiger partial charge in [0.1, 0.15) is 6.10 Å². The number of hydrogen-bond donors (Lipinski definition) is 2. The first-order valence-corrected chi connectivity index (χ1v) is 7.31. The van der Waals surface area contributed by atoms with Crippen molar-refractivity contribution >= 4 is 11.6 Å². The molecule has 4 heteroatoms. The van der Waals surface area contributed by atoms with Crippen LogP contribution >= 0.6 is 0 Å². The lowest BCUT2D eigenvalue weighted by Crippen LogP contribution is -2.33. The van der Waals surface area contributed by atoms with Crippen molar-refractivity contribution in [2.24, 2.45) is 5.92 Å². The van der Waals surface area contributed by atoms with E-state index in [0.717, 1.165) is 31.4 Å². The third-order valence-electron chi connectivity index (χ3n) is 3.86. The maximum absolute atomic E-state index is 12.0. The SMILES string of the molecule is CC(OC1CCC(CO)CC1)C(=O)Nc1ccccc1. The van der Waals surface area contributed by atoms with Gasteiger partial charge in [0, 0.05) is 12.3 Å². The molecule has 0 aromatic heterocycles. The fourth-order valence-corrected chi connectivity index (χ4v) is 2.57. The summed E-state index contributed by atoms with van der Waals surface area (Å²) in [6, 6.07) is 9.40. The molecule has 0 heterocycles. The van der Waals surface area contributed by atoms with Crippen LogP contribution in [0.2, 0.25) is 0 Å². The fraction of sp³-hybridized carbons (Fsp3) is 0.562. The van der Waals surface area contributed by atoms with E-state index in [0.29, 0.717) is 5.92 Å². The van der Waals surface area contributed by atoms with Gasteiger partial charge in [0.2, 0.25) is 0 Å². The topological polar surface area (TPSA) is 58.6 Å². The largest absolute Gasteiger partial charge is 0.396 e. The second-order valence-corrected chi connectivity index (χ2v) is 5.46. The average molecular weight is 277 g/mol. The minimum absolute atomic E-state index is 0.111. The summed E-state index contributed by atoms with van der Waals surface area (Å²) in [7, 11) is 0. The van der Waals surface area contributed by atoms with Gasteiger partial charge in [0.05, 0.1) is 6.10 Å². The van der Waals surface area contributed by atoms with Crippen molar-refractivity contribution < 1.29 is 14.6 Å². The van der Waals surface area contributed by atoms with E-state index in [9.17, 15) is 4.79 Å². The number of para-hydroxylation sites is 1. The van der Waals surface area contributed by atoms with Crippen LogP contribution in [0.4, 0.5) is 5.69 Å². The van der Waals surface area contributed by atoms with Crippen molar-refractivity contribution in [3.8, 4) is 0 Å². The second-order valence-electron chi connectivity index (χ2n) is 5.46. The molecule has 1 fully saturated rings. The van der Waals surface area contributed by atoms with Gasteiger partial charge in [-0.25, -0.2) is 0 Å². The van der Waals surface area contributed by atoms with E-state index in [1.807, 2.05) is 30.3 Å². The van der Waals surface area contributed by atoms with Gasteiger partial charge < -0.3 is 15.2 Å². The molecule has 2 N–H and O–H groups in total. The highest BCUT2D eigenvalue weighted by molar-refractivity contribution is 5.93. The molecule has 20 heavy (non-hydrogen) atoms. The normalized spacial score (nSPS) is 24.1. The first kappa shape index (κ1) is 15.0. The number of amides is 1. The molecule has 1 saturated carbocycles. The third-order valence-corrected chi connectivity index (χ3v) is 3.86. The molecule has 0 saturated heterocycles. The Morgan fingerprint density at radius 3 is 2.55 bits per heavy atom. The second kappa shape index (κ2) is 7.41. The Labute approximate surface area is 120 Å². The highest BCUT2D eigenvalue weighted by Gasteiger charge is 2.24. The van der Waals surface area contributed by atoms with Gasteiger partial charge in [-0.3, -0.25) is 4.79 Å². The highest BCUT2D eigenvalue weighted by Crippen LogP contribution is 2.26. The van der Waals surface area contributed by atoms with E-state index in [4.69, 9.17) is 9.84 Å². The van der Waals surface area contributed by atoms with Crippen molar-refractivity contribution in [2.45, 2.75) is 44.8 Å². The zero-order chi connectivity index (χ0) is 14.4. The number of carbonyl (C=O) groups is 1. The summed E-state index contributed by atoms with van der Waals surface area (Å²) in [5.74, 6) is 0.295. The van der Waals surface area contributed by atoms with E-state index in [1.165, 1.54) is 0 Å². The van der Waals surface area contributed by atoms with Crippen LogP contribution in [-0.4, -0.2) is 29.8 Å². The van der Waals surface area contributed by atoms with Crippen LogP contribution in [0, 0.1) is 5.92 Å². The average Bonchev–Trinajstić information content (AvgIpc) is 2.49. The lowest BCUT2D eigenvalue weighted by atomic mass is 9.88.